The Morgan fingerprint density at radius 1 is 0.510 bits per heavy atom. The topological polar surface area (TPSA) is 68.2 Å². The van der Waals surface area contributed by atoms with Crippen LogP contribution in [0.5, 0.6) is 0 Å². The summed E-state index contributed by atoms with van der Waals surface area (Å²) in [5.74, 6) is 0.566. The highest BCUT2D eigenvalue weighted by Gasteiger charge is 2.36. The third-order valence-corrected chi connectivity index (χ3v) is 7.86. The summed E-state index contributed by atoms with van der Waals surface area (Å²) in [6, 6.07) is 15.0. The van der Waals surface area contributed by atoms with Crippen LogP contribution >= 0.6 is 22.6 Å². The Kier molecular flexibility index (Phi) is 10.5. The van der Waals surface area contributed by atoms with E-state index < -0.39 is 18.9 Å². The van der Waals surface area contributed by atoms with Gasteiger partial charge >= 0.3 is 18.9 Å². The first-order valence-electron chi connectivity index (χ1n) is 14.1. The molecule has 0 saturated carbocycles. The van der Waals surface area contributed by atoms with E-state index in [9.17, 15) is 39.5 Å². The minimum Gasteiger partial charge on any atom is -0.303 e. The number of hydrogen-bond acceptors (Lipinski definition) is 3. The van der Waals surface area contributed by atoms with Crippen molar-refractivity contribution in [2.24, 2.45) is 0 Å². The maximum Gasteiger partial charge on any atom is 0.506 e. The van der Waals surface area contributed by atoms with Crippen LogP contribution < -0.4 is 0 Å². The summed E-state index contributed by atoms with van der Waals surface area (Å²) in [4.78, 5) is 0. The highest BCUT2D eigenvalue weighted by molar-refractivity contribution is 14.1. The molecule has 0 spiro atoms. The van der Waals surface area contributed by atoms with Gasteiger partial charge in [0.15, 0.2) is 11.6 Å². The Bertz CT molecular complexity index is 1970. The molecule has 0 aliphatic carbocycles. The molecule has 0 aromatic carbocycles. The van der Waals surface area contributed by atoms with Crippen molar-refractivity contribution in [1.82, 2.24) is 43.0 Å². The minimum absolute atomic E-state index is 0.00120. The third kappa shape index (κ3) is 8.24. The van der Waals surface area contributed by atoms with Gasteiger partial charge in [-0.15, -0.1) is 49.7 Å². The molecule has 0 bridgehead atoms. The smallest absolute Gasteiger partial charge is 0.303 e. The van der Waals surface area contributed by atoms with Crippen LogP contribution in [0.3, 0.4) is 0 Å². The summed E-state index contributed by atoms with van der Waals surface area (Å²) in [5.41, 5.74) is 4.89. The summed E-state index contributed by atoms with van der Waals surface area (Å²) in [6.07, 6.45) is -11.4. The predicted octanol–water partition coefficient (Wildman–Crippen LogP) is 8.91. The normalized spacial score (nSPS) is 12.1. The van der Waals surface area contributed by atoms with Crippen LogP contribution in [-0.2, 0) is 18.9 Å². The Hall–Kier alpha value is -4.43. The van der Waals surface area contributed by atoms with Crippen LogP contribution in [0.4, 0.5) is 39.5 Å². The molecule has 0 amide bonds. The second-order valence-corrected chi connectivity index (χ2v) is 11.8. The fraction of sp³-hybridized carbons (Fsp3) is 0.300. The number of rotatable bonds is 3. The lowest BCUT2D eigenvalue weighted by Crippen LogP contribution is -2.22. The summed E-state index contributed by atoms with van der Waals surface area (Å²) < 4.78 is 118. The monoisotopic (exact) mass is 813 g/mol. The lowest BCUT2D eigenvalue weighted by molar-refractivity contribution is -0.214. The van der Waals surface area contributed by atoms with E-state index in [1.807, 2.05) is 52.0 Å². The molecular weight excluding hydrogens is 784 g/mol. The molecule has 0 radical (unpaired) electrons. The van der Waals surface area contributed by atoms with Gasteiger partial charge < -0.3 is 13.7 Å². The number of alkyl halides is 9. The van der Waals surface area contributed by atoms with Crippen LogP contribution in [0.25, 0.3) is 17.5 Å². The van der Waals surface area contributed by atoms with Gasteiger partial charge in [0.1, 0.15) is 9.52 Å². The largest absolute Gasteiger partial charge is 0.506 e. The van der Waals surface area contributed by atoms with Crippen molar-refractivity contribution in [2.45, 2.75) is 60.4 Å². The van der Waals surface area contributed by atoms with Crippen molar-refractivity contribution in [3.05, 3.63) is 105 Å². The van der Waals surface area contributed by atoms with E-state index in [0.717, 1.165) is 46.6 Å². The van der Waals surface area contributed by atoms with Crippen molar-refractivity contribution in [1.29, 1.82) is 0 Å². The van der Waals surface area contributed by atoms with Gasteiger partial charge in [0.2, 0.25) is 0 Å². The second kappa shape index (κ2) is 13.8. The Labute approximate surface area is 287 Å². The summed E-state index contributed by atoms with van der Waals surface area (Å²) in [6.45, 7) is 10.8. The fourth-order valence-corrected chi connectivity index (χ4v) is 5.62. The first-order chi connectivity index (χ1) is 22.6. The third-order valence-electron chi connectivity index (χ3n) is 7.09. The number of aryl methyl sites for hydroxylation is 6. The van der Waals surface area contributed by atoms with E-state index >= 15 is 0 Å². The molecule has 19 heteroatoms. The van der Waals surface area contributed by atoms with E-state index in [4.69, 9.17) is 0 Å². The van der Waals surface area contributed by atoms with Crippen LogP contribution in [0, 0.1) is 45.2 Å². The standard InChI is InChI=1S/C10H9F3IN3.2C10H10F3N3/c1-6-3-4-7(2)16(6)9-5-8(14)17(15-9)10(11,12)13;1-7-3-4-8(2)16(7)9-5-6-15(14-9)10(11,12)13;1-7-3-4-8(2)15(7)9-5-6-14-16(9)10(11,12)13/h3-5H,1-2H3;2*3-6H,1-2H3. The molecule has 264 valence electrons. The van der Waals surface area contributed by atoms with E-state index in [1.165, 1.54) is 22.8 Å². The molecule has 0 atom stereocenters. The molecule has 0 aliphatic heterocycles. The second-order valence-electron chi connectivity index (χ2n) is 10.7. The quantitative estimate of drug-likeness (QED) is 0.133. The van der Waals surface area contributed by atoms with Gasteiger partial charge in [-0.25, -0.2) is 0 Å². The molecule has 49 heavy (non-hydrogen) atoms. The maximum absolute atomic E-state index is 12.6. The zero-order valence-corrected chi connectivity index (χ0v) is 28.8. The van der Waals surface area contributed by atoms with Crippen LogP contribution in [0.15, 0.2) is 67.0 Å². The summed E-state index contributed by atoms with van der Waals surface area (Å²) in [7, 11) is 0. The molecule has 0 aliphatic rings. The molecule has 0 unspecified atom stereocenters. The average molecular weight is 814 g/mol. The summed E-state index contributed by atoms with van der Waals surface area (Å²) in [5, 5.41) is 10.4. The molecule has 6 aromatic heterocycles. The number of nitrogens with zero attached hydrogens (tertiary/aromatic N) is 9. The maximum atomic E-state index is 12.6. The van der Waals surface area contributed by atoms with Crippen LogP contribution in [0.2, 0.25) is 0 Å². The molecule has 0 saturated heterocycles. The van der Waals surface area contributed by atoms with Crippen molar-refractivity contribution in [3.8, 4) is 17.5 Å². The van der Waals surface area contributed by atoms with Gasteiger partial charge in [-0.1, -0.05) is 0 Å². The minimum atomic E-state index is -4.50. The van der Waals surface area contributed by atoms with Gasteiger partial charge in [0.25, 0.3) is 0 Å². The van der Waals surface area contributed by atoms with E-state index in [0.29, 0.717) is 0 Å². The van der Waals surface area contributed by atoms with Gasteiger partial charge in [0, 0.05) is 58.6 Å². The van der Waals surface area contributed by atoms with Crippen molar-refractivity contribution in [3.63, 3.8) is 0 Å². The molecular formula is C30H29F9IN9. The number of aromatic nitrogens is 9. The Balaban J connectivity index is 0.000000166. The van der Waals surface area contributed by atoms with Crippen molar-refractivity contribution in [2.75, 3.05) is 0 Å². The van der Waals surface area contributed by atoms with Gasteiger partial charge in [-0.3, -0.25) is 0 Å². The average Bonchev–Trinajstić information content (AvgIpc) is 3.81. The number of halogens is 10. The zero-order valence-electron chi connectivity index (χ0n) is 26.7. The van der Waals surface area contributed by atoms with Gasteiger partial charge in [0.05, 0.1) is 6.20 Å². The molecule has 6 aromatic rings. The summed E-state index contributed by atoms with van der Waals surface area (Å²) >= 11 is 1.62. The van der Waals surface area contributed by atoms with E-state index in [-0.39, 0.29) is 35.2 Å². The lowest BCUT2D eigenvalue weighted by atomic mass is 10.5. The van der Waals surface area contributed by atoms with E-state index in [1.54, 1.807) is 57.7 Å². The number of hydrogen-bond donors (Lipinski definition) is 0. The lowest BCUT2D eigenvalue weighted by Gasteiger charge is -2.14. The van der Waals surface area contributed by atoms with Crippen molar-refractivity contribution < 1.29 is 39.5 Å². The Morgan fingerprint density at radius 3 is 1.33 bits per heavy atom. The van der Waals surface area contributed by atoms with Gasteiger partial charge in [-0.05, 0) is 101 Å². The SMILES string of the molecule is Cc1ccc(C)n1-c1cc(I)n(C(F)(F)F)n1.Cc1ccc(C)n1-c1ccn(C(F)(F)F)n1.Cc1ccc(C)n1-c1ccnn1C(F)(F)F. The van der Waals surface area contributed by atoms with Gasteiger partial charge in [-0.2, -0.15) is 19.1 Å². The molecule has 0 fully saturated rings. The Morgan fingerprint density at radius 2 is 0.939 bits per heavy atom. The fourth-order valence-electron chi connectivity index (χ4n) is 4.96. The molecule has 9 nitrogen and oxygen atoms in total. The molecule has 6 rings (SSSR count). The van der Waals surface area contributed by atoms with E-state index in [2.05, 4.69) is 15.3 Å². The highest BCUT2D eigenvalue weighted by atomic mass is 127. The first-order valence-corrected chi connectivity index (χ1v) is 15.2. The highest BCUT2D eigenvalue weighted by Crippen LogP contribution is 2.28. The van der Waals surface area contributed by atoms with Crippen molar-refractivity contribution >= 4 is 22.6 Å². The van der Waals surface area contributed by atoms with Crippen LogP contribution in [0.1, 0.15) is 34.2 Å². The zero-order chi connectivity index (χ0) is 36.6. The predicted molar refractivity (Wildman–Crippen MR) is 170 cm³/mol. The molecule has 6 heterocycles. The van der Waals surface area contributed by atoms with Crippen LogP contribution in [-0.4, -0.2) is 43.0 Å². The molecule has 0 N–H and O–H groups in total. The first kappa shape index (κ1) is 37.4.